The summed E-state index contributed by atoms with van der Waals surface area (Å²) in [6, 6.07) is 9.75. The van der Waals surface area contributed by atoms with E-state index >= 15 is 0 Å². The van der Waals surface area contributed by atoms with Crippen LogP contribution in [0, 0.1) is 5.41 Å². The Morgan fingerprint density at radius 3 is 2.71 bits per heavy atom. The van der Waals surface area contributed by atoms with Gasteiger partial charge in [-0.1, -0.05) is 18.2 Å². The number of para-hydroxylation sites is 1. The molecule has 0 saturated carbocycles. The highest BCUT2D eigenvalue weighted by molar-refractivity contribution is 5.97. The molecule has 1 fully saturated rings. The fourth-order valence-electron chi connectivity index (χ4n) is 2.04. The molecular formula is C13H14N2O2. The number of hydrogen-bond acceptors (Lipinski definition) is 3. The average Bonchev–Trinajstić information content (AvgIpc) is 2.82. The molecule has 1 saturated heterocycles. The SMILES string of the molecule is N=C(c1cc2ccccc2o1)N1CCOCC1. The van der Waals surface area contributed by atoms with E-state index in [4.69, 9.17) is 14.6 Å². The molecule has 1 aliphatic heterocycles. The number of nitrogens with one attached hydrogen (secondary N) is 1. The van der Waals surface area contributed by atoms with Crippen LogP contribution in [0.3, 0.4) is 0 Å². The van der Waals surface area contributed by atoms with E-state index in [1.54, 1.807) is 0 Å². The minimum absolute atomic E-state index is 0.449. The lowest BCUT2D eigenvalue weighted by atomic mass is 10.2. The van der Waals surface area contributed by atoms with Gasteiger partial charge in [0.15, 0.2) is 11.6 Å². The molecular weight excluding hydrogens is 216 g/mol. The van der Waals surface area contributed by atoms with E-state index in [9.17, 15) is 0 Å². The number of rotatable bonds is 1. The maximum atomic E-state index is 8.13. The quantitative estimate of drug-likeness (QED) is 0.603. The zero-order valence-electron chi connectivity index (χ0n) is 9.48. The van der Waals surface area contributed by atoms with Crippen LogP contribution in [0.5, 0.6) is 0 Å². The molecule has 17 heavy (non-hydrogen) atoms. The van der Waals surface area contributed by atoms with Crippen LogP contribution in [0.25, 0.3) is 11.0 Å². The highest BCUT2D eigenvalue weighted by Gasteiger charge is 2.18. The van der Waals surface area contributed by atoms with Crippen molar-refractivity contribution in [3.8, 4) is 0 Å². The second-order valence-corrected chi connectivity index (χ2v) is 4.10. The number of hydrogen-bond donors (Lipinski definition) is 1. The smallest absolute Gasteiger partial charge is 0.170 e. The van der Waals surface area contributed by atoms with Gasteiger partial charge in [-0.2, -0.15) is 0 Å². The molecule has 4 nitrogen and oxygen atoms in total. The summed E-state index contributed by atoms with van der Waals surface area (Å²) >= 11 is 0. The molecule has 1 aromatic heterocycles. The lowest BCUT2D eigenvalue weighted by Gasteiger charge is -2.27. The van der Waals surface area contributed by atoms with Crippen LogP contribution in [0.1, 0.15) is 5.76 Å². The van der Waals surface area contributed by atoms with E-state index in [1.807, 2.05) is 35.2 Å². The predicted molar refractivity (Wildman–Crippen MR) is 65.4 cm³/mol. The molecule has 88 valence electrons. The molecule has 2 heterocycles. The molecule has 0 atom stereocenters. The van der Waals surface area contributed by atoms with Crippen LogP contribution in [-0.2, 0) is 4.74 Å². The summed E-state index contributed by atoms with van der Waals surface area (Å²) < 4.78 is 11.0. The molecule has 0 spiro atoms. The summed E-state index contributed by atoms with van der Waals surface area (Å²) in [6.45, 7) is 2.89. The first-order valence-corrected chi connectivity index (χ1v) is 5.75. The summed E-state index contributed by atoms with van der Waals surface area (Å²) in [6.07, 6.45) is 0. The molecule has 4 heteroatoms. The first-order chi connectivity index (χ1) is 8.34. The van der Waals surface area contributed by atoms with Gasteiger partial charge < -0.3 is 14.1 Å². The minimum atomic E-state index is 0.449. The average molecular weight is 230 g/mol. The van der Waals surface area contributed by atoms with Crippen LogP contribution in [0.15, 0.2) is 34.7 Å². The minimum Gasteiger partial charge on any atom is -0.453 e. The van der Waals surface area contributed by atoms with E-state index in [2.05, 4.69) is 0 Å². The highest BCUT2D eigenvalue weighted by atomic mass is 16.5. The van der Waals surface area contributed by atoms with Crippen LogP contribution >= 0.6 is 0 Å². The Labute approximate surface area is 99.3 Å². The van der Waals surface area contributed by atoms with Crippen LogP contribution in [-0.4, -0.2) is 37.0 Å². The van der Waals surface area contributed by atoms with Gasteiger partial charge in [0, 0.05) is 18.5 Å². The Bertz CT molecular complexity index is 508. The lowest BCUT2D eigenvalue weighted by molar-refractivity contribution is 0.0675. The first kappa shape index (κ1) is 10.4. The van der Waals surface area contributed by atoms with Crippen molar-refractivity contribution in [3.63, 3.8) is 0 Å². The van der Waals surface area contributed by atoms with Gasteiger partial charge in [0.05, 0.1) is 13.2 Å². The molecule has 0 unspecified atom stereocenters. The summed E-state index contributed by atoms with van der Waals surface area (Å²) in [5, 5.41) is 9.18. The van der Waals surface area contributed by atoms with Crippen molar-refractivity contribution < 1.29 is 9.15 Å². The normalized spacial score (nSPS) is 16.4. The number of nitrogens with zero attached hydrogens (tertiary/aromatic N) is 1. The highest BCUT2D eigenvalue weighted by Crippen LogP contribution is 2.20. The second-order valence-electron chi connectivity index (χ2n) is 4.10. The zero-order valence-corrected chi connectivity index (χ0v) is 9.48. The Kier molecular flexibility index (Phi) is 2.57. The monoisotopic (exact) mass is 230 g/mol. The van der Waals surface area contributed by atoms with Gasteiger partial charge in [0.25, 0.3) is 0 Å². The Morgan fingerprint density at radius 2 is 1.94 bits per heavy atom. The third-order valence-corrected chi connectivity index (χ3v) is 2.99. The van der Waals surface area contributed by atoms with Crippen LogP contribution in [0.2, 0.25) is 0 Å². The number of benzene rings is 1. The van der Waals surface area contributed by atoms with E-state index in [-0.39, 0.29) is 0 Å². The zero-order chi connectivity index (χ0) is 11.7. The molecule has 2 aromatic rings. The van der Waals surface area contributed by atoms with Crippen molar-refractivity contribution in [3.05, 3.63) is 36.1 Å². The molecule has 3 rings (SSSR count). The van der Waals surface area contributed by atoms with Crippen molar-refractivity contribution in [2.75, 3.05) is 26.3 Å². The topological polar surface area (TPSA) is 49.5 Å². The van der Waals surface area contributed by atoms with Gasteiger partial charge in [-0.25, -0.2) is 0 Å². The predicted octanol–water partition coefficient (Wildman–Crippen LogP) is 2.09. The maximum Gasteiger partial charge on any atom is 0.170 e. The summed E-state index contributed by atoms with van der Waals surface area (Å²) in [5.74, 6) is 1.08. The molecule has 0 amide bonds. The summed E-state index contributed by atoms with van der Waals surface area (Å²) in [7, 11) is 0. The van der Waals surface area contributed by atoms with Gasteiger partial charge in [-0.05, 0) is 12.1 Å². The Morgan fingerprint density at radius 1 is 1.18 bits per heavy atom. The van der Waals surface area contributed by atoms with Gasteiger partial charge in [0.2, 0.25) is 0 Å². The maximum absolute atomic E-state index is 8.13. The molecule has 1 aromatic carbocycles. The summed E-state index contributed by atoms with van der Waals surface area (Å²) in [4.78, 5) is 1.99. The standard InChI is InChI=1S/C13H14N2O2/c14-13(15-5-7-16-8-6-15)12-9-10-3-1-2-4-11(10)17-12/h1-4,9,14H,5-8H2. The van der Waals surface area contributed by atoms with Crippen molar-refractivity contribution >= 4 is 16.8 Å². The van der Waals surface area contributed by atoms with Gasteiger partial charge in [-0.3, -0.25) is 5.41 Å². The number of morpholine rings is 1. The van der Waals surface area contributed by atoms with E-state index in [0.717, 1.165) is 24.1 Å². The molecule has 1 N–H and O–H groups in total. The largest absolute Gasteiger partial charge is 0.453 e. The van der Waals surface area contributed by atoms with Crippen molar-refractivity contribution in [1.29, 1.82) is 5.41 Å². The van der Waals surface area contributed by atoms with Gasteiger partial charge in [0.1, 0.15) is 5.58 Å². The Balaban J connectivity index is 1.89. The number of ether oxygens (including phenoxy) is 1. The number of fused-ring (bicyclic) bond motifs is 1. The van der Waals surface area contributed by atoms with Gasteiger partial charge in [-0.15, -0.1) is 0 Å². The van der Waals surface area contributed by atoms with Gasteiger partial charge >= 0.3 is 0 Å². The van der Waals surface area contributed by atoms with Crippen molar-refractivity contribution in [2.45, 2.75) is 0 Å². The third kappa shape index (κ3) is 1.91. The molecule has 1 aliphatic rings. The number of amidine groups is 1. The molecule has 0 aliphatic carbocycles. The lowest BCUT2D eigenvalue weighted by Crippen LogP contribution is -2.40. The fraction of sp³-hybridized carbons (Fsp3) is 0.308. The van der Waals surface area contributed by atoms with Crippen LogP contribution < -0.4 is 0 Å². The van der Waals surface area contributed by atoms with E-state index in [0.29, 0.717) is 24.8 Å². The van der Waals surface area contributed by atoms with Crippen LogP contribution in [0.4, 0.5) is 0 Å². The fourth-order valence-corrected chi connectivity index (χ4v) is 2.04. The Hall–Kier alpha value is -1.81. The first-order valence-electron chi connectivity index (χ1n) is 5.75. The number of furan rings is 1. The van der Waals surface area contributed by atoms with Crippen molar-refractivity contribution in [1.82, 2.24) is 4.90 Å². The molecule has 0 radical (unpaired) electrons. The van der Waals surface area contributed by atoms with E-state index in [1.165, 1.54) is 0 Å². The molecule has 0 bridgehead atoms. The third-order valence-electron chi connectivity index (χ3n) is 2.99. The van der Waals surface area contributed by atoms with E-state index < -0.39 is 0 Å². The second kappa shape index (κ2) is 4.22. The van der Waals surface area contributed by atoms with Crippen molar-refractivity contribution in [2.24, 2.45) is 0 Å². The summed E-state index contributed by atoms with van der Waals surface area (Å²) in [5.41, 5.74) is 0.834.